The molecule has 0 unspecified atom stereocenters. The summed E-state index contributed by atoms with van der Waals surface area (Å²) in [5, 5.41) is 2.80. The minimum absolute atomic E-state index is 0.0872. The van der Waals surface area contributed by atoms with Crippen LogP contribution in [0.1, 0.15) is 38.8 Å². The highest BCUT2D eigenvalue weighted by molar-refractivity contribution is 9.11. The normalized spacial score (nSPS) is 17.2. The molecule has 1 heterocycles. The van der Waals surface area contributed by atoms with E-state index in [1.165, 1.54) is 0 Å². The van der Waals surface area contributed by atoms with Gasteiger partial charge in [0.2, 0.25) is 0 Å². The Kier molecular flexibility index (Phi) is 4.59. The first-order chi connectivity index (χ1) is 9.60. The Hall–Kier alpha value is -0.750. The van der Waals surface area contributed by atoms with E-state index in [1.54, 1.807) is 0 Å². The van der Waals surface area contributed by atoms with Crippen molar-refractivity contribution < 1.29 is 14.3 Å². The molecule has 0 radical (unpaired) electrons. The predicted octanol–water partition coefficient (Wildman–Crippen LogP) is 5.19. The molecule has 1 atom stereocenters. The molecule has 0 aromatic heterocycles. The molecule has 1 N–H and O–H groups in total. The van der Waals surface area contributed by atoms with Gasteiger partial charge in [0.05, 0.1) is 0 Å². The number of carbonyl (C=O) groups is 1. The number of fused-ring (bicyclic) bond motifs is 1. The summed E-state index contributed by atoms with van der Waals surface area (Å²) in [5.74, 6) is 0.706. The van der Waals surface area contributed by atoms with Crippen molar-refractivity contribution in [2.24, 2.45) is 0 Å². The number of carbonyl (C=O) groups excluding carboxylic acids is 1. The Balaban J connectivity index is 2.39. The van der Waals surface area contributed by atoms with E-state index in [2.05, 4.69) is 37.2 Å². The summed E-state index contributed by atoms with van der Waals surface area (Å²) in [6.07, 6.45) is 0.409. The molecule has 21 heavy (non-hydrogen) atoms. The van der Waals surface area contributed by atoms with Gasteiger partial charge in [-0.15, -0.1) is 0 Å². The number of anilines is 1. The fourth-order valence-corrected chi connectivity index (χ4v) is 3.50. The van der Waals surface area contributed by atoms with Crippen molar-refractivity contribution in [3.8, 4) is 5.75 Å². The van der Waals surface area contributed by atoms with Crippen molar-refractivity contribution in [1.29, 1.82) is 0 Å². The van der Waals surface area contributed by atoms with Crippen LogP contribution in [-0.4, -0.2) is 17.8 Å². The summed E-state index contributed by atoms with van der Waals surface area (Å²) < 4.78 is 13.0. The second-order valence-electron chi connectivity index (χ2n) is 6.20. The molecule has 6 heteroatoms. The van der Waals surface area contributed by atoms with Crippen LogP contribution in [0.25, 0.3) is 0 Å². The molecule has 1 aromatic carbocycles. The molecule has 0 spiro atoms. The zero-order valence-electron chi connectivity index (χ0n) is 12.8. The van der Waals surface area contributed by atoms with Gasteiger partial charge in [-0.1, -0.05) is 15.9 Å². The molecule has 1 amide bonds. The Labute approximate surface area is 141 Å². The van der Waals surface area contributed by atoms with Crippen molar-refractivity contribution in [3.63, 3.8) is 0 Å². The monoisotopic (exact) mass is 419 g/mol. The lowest BCUT2D eigenvalue weighted by Crippen LogP contribution is -2.27. The van der Waals surface area contributed by atoms with E-state index in [9.17, 15) is 4.79 Å². The van der Waals surface area contributed by atoms with Gasteiger partial charge in [0.15, 0.2) is 0 Å². The van der Waals surface area contributed by atoms with Crippen molar-refractivity contribution in [2.45, 2.75) is 52.7 Å². The first-order valence-corrected chi connectivity index (χ1v) is 8.36. The molecule has 1 aromatic rings. The van der Waals surface area contributed by atoms with E-state index in [1.807, 2.05) is 34.6 Å². The highest BCUT2D eigenvalue weighted by Crippen LogP contribution is 2.47. The minimum Gasteiger partial charge on any atom is -0.488 e. The van der Waals surface area contributed by atoms with Gasteiger partial charge < -0.3 is 9.47 Å². The minimum atomic E-state index is -0.543. The molecule has 1 aliphatic rings. The number of halogens is 2. The summed E-state index contributed by atoms with van der Waals surface area (Å²) >= 11 is 7.14. The molecular weight excluding hydrogens is 402 g/mol. The van der Waals surface area contributed by atoms with Crippen molar-refractivity contribution in [3.05, 3.63) is 20.1 Å². The average molecular weight is 421 g/mol. The van der Waals surface area contributed by atoms with Crippen LogP contribution in [0.2, 0.25) is 0 Å². The van der Waals surface area contributed by atoms with Gasteiger partial charge in [0.25, 0.3) is 0 Å². The Morgan fingerprint density at radius 3 is 2.52 bits per heavy atom. The lowest BCUT2D eigenvalue weighted by molar-refractivity contribution is 0.0635. The molecule has 4 nitrogen and oxygen atoms in total. The topological polar surface area (TPSA) is 47.6 Å². The summed E-state index contributed by atoms with van der Waals surface area (Å²) in [6, 6.07) is 0. The number of ether oxygens (including phenoxy) is 2. The van der Waals surface area contributed by atoms with E-state index in [-0.39, 0.29) is 6.10 Å². The Morgan fingerprint density at radius 1 is 1.33 bits per heavy atom. The molecule has 2 rings (SSSR count). The molecule has 116 valence electrons. The number of hydrogen-bond donors (Lipinski definition) is 1. The van der Waals surface area contributed by atoms with Crippen LogP contribution in [0.4, 0.5) is 10.5 Å². The lowest BCUT2D eigenvalue weighted by Gasteiger charge is -2.21. The number of hydrogen-bond acceptors (Lipinski definition) is 3. The number of benzene rings is 1. The highest BCUT2D eigenvalue weighted by Gasteiger charge is 2.30. The highest BCUT2D eigenvalue weighted by atomic mass is 79.9. The zero-order chi connectivity index (χ0) is 15.9. The molecular formula is C15H19Br2NO3. The average Bonchev–Trinajstić information content (AvgIpc) is 2.72. The summed E-state index contributed by atoms with van der Waals surface area (Å²) in [4.78, 5) is 12.0. The van der Waals surface area contributed by atoms with Gasteiger partial charge in [0.1, 0.15) is 23.1 Å². The number of nitrogens with one attached hydrogen (secondary N) is 1. The van der Waals surface area contributed by atoms with Gasteiger partial charge in [-0.3, -0.25) is 5.32 Å². The third-order valence-electron chi connectivity index (χ3n) is 3.08. The van der Waals surface area contributed by atoms with Gasteiger partial charge in [-0.2, -0.15) is 0 Å². The standard InChI is InChI=1S/C15H19Br2NO3/c1-7-6-9-10(16)8(2)11(17)12(13(9)20-7)18-14(19)21-15(3,4)5/h7H,6H2,1-5H3,(H,18,19)/t7-/m1/s1. The molecule has 0 fully saturated rings. The maximum atomic E-state index is 12.0. The van der Waals surface area contributed by atoms with Gasteiger partial charge in [-0.05, 0) is 56.1 Å². The van der Waals surface area contributed by atoms with E-state index in [4.69, 9.17) is 9.47 Å². The summed E-state index contributed by atoms with van der Waals surface area (Å²) in [6.45, 7) is 9.48. The molecule has 1 aliphatic heterocycles. The maximum absolute atomic E-state index is 12.0. The zero-order valence-corrected chi connectivity index (χ0v) is 15.9. The quantitative estimate of drug-likeness (QED) is 0.679. The van der Waals surface area contributed by atoms with Gasteiger partial charge in [-0.25, -0.2) is 4.79 Å². The summed E-state index contributed by atoms with van der Waals surface area (Å²) in [7, 11) is 0. The second kappa shape index (κ2) is 5.80. The van der Waals surface area contributed by atoms with Gasteiger partial charge >= 0.3 is 6.09 Å². The van der Waals surface area contributed by atoms with Crippen molar-refractivity contribution in [1.82, 2.24) is 0 Å². The maximum Gasteiger partial charge on any atom is 0.412 e. The van der Waals surface area contributed by atoms with E-state index in [0.29, 0.717) is 11.4 Å². The van der Waals surface area contributed by atoms with Crippen LogP contribution < -0.4 is 10.1 Å². The van der Waals surface area contributed by atoms with Crippen LogP contribution in [0.3, 0.4) is 0 Å². The fourth-order valence-electron chi connectivity index (χ4n) is 2.22. The van der Waals surface area contributed by atoms with Crippen LogP contribution >= 0.6 is 31.9 Å². The Bertz CT molecular complexity index is 594. The van der Waals surface area contributed by atoms with Crippen molar-refractivity contribution in [2.75, 3.05) is 5.32 Å². The first-order valence-electron chi connectivity index (χ1n) is 6.77. The first kappa shape index (κ1) is 16.6. The van der Waals surface area contributed by atoms with Crippen molar-refractivity contribution >= 4 is 43.6 Å². The second-order valence-corrected chi connectivity index (χ2v) is 7.78. The SMILES string of the molecule is Cc1c(Br)c2c(c(NC(=O)OC(C)(C)C)c1Br)O[C@H](C)C2. The fraction of sp³-hybridized carbons (Fsp3) is 0.533. The van der Waals surface area contributed by atoms with Crippen LogP contribution in [0, 0.1) is 6.92 Å². The van der Waals surface area contributed by atoms with E-state index in [0.717, 1.165) is 26.5 Å². The van der Waals surface area contributed by atoms with Crippen LogP contribution in [0.5, 0.6) is 5.75 Å². The third-order valence-corrected chi connectivity index (χ3v) is 5.15. The lowest BCUT2D eigenvalue weighted by atomic mass is 10.1. The smallest absolute Gasteiger partial charge is 0.412 e. The van der Waals surface area contributed by atoms with Crippen LogP contribution in [-0.2, 0) is 11.2 Å². The molecule has 0 saturated heterocycles. The van der Waals surface area contributed by atoms with E-state index >= 15 is 0 Å². The predicted molar refractivity (Wildman–Crippen MR) is 90.2 cm³/mol. The molecule has 0 saturated carbocycles. The van der Waals surface area contributed by atoms with Crippen LogP contribution in [0.15, 0.2) is 8.95 Å². The Morgan fingerprint density at radius 2 is 1.95 bits per heavy atom. The molecule has 0 aliphatic carbocycles. The van der Waals surface area contributed by atoms with Gasteiger partial charge in [0, 0.05) is 20.9 Å². The largest absolute Gasteiger partial charge is 0.488 e. The molecule has 0 bridgehead atoms. The van der Waals surface area contributed by atoms with E-state index < -0.39 is 11.7 Å². The summed E-state index contributed by atoms with van der Waals surface area (Å²) in [5.41, 5.74) is 2.19. The number of rotatable bonds is 1. The third kappa shape index (κ3) is 3.54. The number of amides is 1.